The first-order valence-corrected chi connectivity index (χ1v) is 12.1. The second-order valence-corrected chi connectivity index (χ2v) is 9.39. The predicted molar refractivity (Wildman–Crippen MR) is 110 cm³/mol. The van der Waals surface area contributed by atoms with E-state index in [1.807, 2.05) is 31.2 Å². The van der Waals surface area contributed by atoms with Crippen molar-refractivity contribution in [2.75, 3.05) is 26.4 Å². The van der Waals surface area contributed by atoms with Gasteiger partial charge in [-0.25, -0.2) is 0 Å². The Labute approximate surface area is 165 Å². The molecule has 0 N–H and O–H groups in total. The molecular weight excluding hydrogens is 360 g/mol. The molecule has 0 saturated heterocycles. The fourth-order valence-corrected chi connectivity index (χ4v) is 5.41. The van der Waals surface area contributed by atoms with Crippen LogP contribution in [0.15, 0.2) is 24.3 Å². The molecule has 0 fully saturated rings. The van der Waals surface area contributed by atoms with Crippen LogP contribution < -0.4 is 0 Å². The summed E-state index contributed by atoms with van der Waals surface area (Å²) >= 11 is 0. The molecule has 0 amide bonds. The van der Waals surface area contributed by atoms with Crippen molar-refractivity contribution in [2.45, 2.75) is 65.8 Å². The quantitative estimate of drug-likeness (QED) is 0.245. The lowest BCUT2D eigenvalue weighted by molar-refractivity contribution is -0.142. The summed E-state index contributed by atoms with van der Waals surface area (Å²) in [6.07, 6.45) is 3.75. The summed E-state index contributed by atoms with van der Waals surface area (Å²) in [5.41, 5.74) is 2.12. The zero-order valence-electron chi connectivity index (χ0n) is 17.4. The number of hydrogen-bond donors (Lipinski definition) is 0. The predicted octanol–water partition coefficient (Wildman–Crippen LogP) is 4.69. The lowest BCUT2D eigenvalue weighted by atomic mass is 10.1. The zero-order valence-corrected chi connectivity index (χ0v) is 18.4. The minimum absolute atomic E-state index is 0.199. The van der Waals surface area contributed by atoms with Gasteiger partial charge in [0.1, 0.15) is 0 Å². The lowest BCUT2D eigenvalue weighted by Gasteiger charge is -2.29. The average molecular weight is 397 g/mol. The highest BCUT2D eigenvalue weighted by Gasteiger charge is 2.40. The number of carbonyl (C=O) groups is 1. The first kappa shape index (κ1) is 23.8. The molecule has 154 valence electrons. The van der Waals surface area contributed by atoms with E-state index in [-0.39, 0.29) is 5.97 Å². The molecule has 0 heterocycles. The van der Waals surface area contributed by atoms with Gasteiger partial charge < -0.3 is 18.0 Å². The number of hydrogen-bond acceptors (Lipinski definition) is 5. The number of aryl methyl sites for hydroxylation is 1. The van der Waals surface area contributed by atoms with Gasteiger partial charge in [-0.05, 0) is 43.7 Å². The van der Waals surface area contributed by atoms with Gasteiger partial charge in [0, 0.05) is 25.9 Å². The third kappa shape index (κ3) is 9.51. The number of benzene rings is 1. The average Bonchev–Trinajstić information content (AvgIpc) is 2.68. The number of carbonyl (C=O) groups excluding carboxylic acids is 1. The Hall–Kier alpha value is -1.21. The monoisotopic (exact) mass is 396 g/mol. The highest BCUT2D eigenvalue weighted by Crippen LogP contribution is 2.20. The maximum atomic E-state index is 12.1. The van der Waals surface area contributed by atoms with E-state index in [4.69, 9.17) is 18.0 Å². The Balaban J connectivity index is 2.50. The summed E-state index contributed by atoms with van der Waals surface area (Å²) in [4.78, 5) is 12.1. The molecule has 0 aliphatic heterocycles. The van der Waals surface area contributed by atoms with Crippen LogP contribution in [0.25, 0.3) is 0 Å². The van der Waals surface area contributed by atoms with Crippen molar-refractivity contribution in [3.63, 3.8) is 0 Å². The molecule has 6 heteroatoms. The Morgan fingerprint density at radius 1 is 0.889 bits per heavy atom. The molecule has 0 atom stereocenters. The molecule has 0 spiro atoms. The minimum atomic E-state index is -2.70. The number of ether oxygens (including phenoxy) is 1. The summed E-state index contributed by atoms with van der Waals surface area (Å²) in [6, 6.07) is 8.55. The Kier molecular flexibility index (Phi) is 12.2. The van der Waals surface area contributed by atoms with E-state index in [0.29, 0.717) is 45.3 Å². The van der Waals surface area contributed by atoms with Crippen LogP contribution in [-0.4, -0.2) is 41.2 Å². The van der Waals surface area contributed by atoms with E-state index in [9.17, 15) is 4.79 Å². The van der Waals surface area contributed by atoms with Crippen molar-refractivity contribution >= 4 is 14.8 Å². The van der Waals surface area contributed by atoms with Gasteiger partial charge in [0.15, 0.2) is 0 Å². The van der Waals surface area contributed by atoms with Crippen molar-refractivity contribution in [3.05, 3.63) is 35.4 Å². The van der Waals surface area contributed by atoms with Gasteiger partial charge in [-0.15, -0.1) is 0 Å². The highest BCUT2D eigenvalue weighted by molar-refractivity contribution is 6.60. The summed E-state index contributed by atoms with van der Waals surface area (Å²) in [7, 11) is -2.70. The second-order valence-electron chi connectivity index (χ2n) is 6.66. The summed E-state index contributed by atoms with van der Waals surface area (Å²) in [6.45, 7) is 10.5. The Morgan fingerprint density at radius 3 is 1.96 bits per heavy atom. The maximum Gasteiger partial charge on any atom is 0.501 e. The van der Waals surface area contributed by atoms with Crippen molar-refractivity contribution in [1.82, 2.24) is 0 Å². The van der Waals surface area contributed by atoms with Gasteiger partial charge >= 0.3 is 14.8 Å². The van der Waals surface area contributed by atoms with Crippen molar-refractivity contribution < 1.29 is 22.8 Å². The lowest BCUT2D eigenvalue weighted by Crippen LogP contribution is -2.46. The van der Waals surface area contributed by atoms with Gasteiger partial charge in [0.25, 0.3) is 0 Å². The standard InChI is InChI=1S/C21H36O5Si/c1-5-13-24-27(25-14-6-2,26-15-7-3)17-10-16-23-21(22)18-20-12-9-8-11-19(20)4/h8-9,11-12H,5-7,10,13-18H2,1-4H3. The number of rotatable bonds is 15. The van der Waals surface area contributed by atoms with Gasteiger partial charge in [-0.3, -0.25) is 4.79 Å². The van der Waals surface area contributed by atoms with Crippen LogP contribution in [0.1, 0.15) is 57.6 Å². The molecule has 0 saturated carbocycles. The fraction of sp³-hybridized carbons (Fsp3) is 0.667. The molecule has 5 nitrogen and oxygen atoms in total. The normalized spacial score (nSPS) is 11.6. The van der Waals surface area contributed by atoms with Gasteiger partial charge in [-0.1, -0.05) is 45.0 Å². The van der Waals surface area contributed by atoms with Crippen LogP contribution >= 0.6 is 0 Å². The van der Waals surface area contributed by atoms with E-state index in [1.54, 1.807) is 0 Å². The Morgan fingerprint density at radius 2 is 1.44 bits per heavy atom. The van der Waals surface area contributed by atoms with E-state index in [2.05, 4.69) is 20.8 Å². The summed E-state index contributed by atoms with van der Waals surface area (Å²) in [5, 5.41) is 0. The zero-order chi connectivity index (χ0) is 20.0. The van der Waals surface area contributed by atoms with E-state index >= 15 is 0 Å². The number of esters is 1. The SMILES string of the molecule is CCCO[Si](CCCOC(=O)Cc1ccccc1C)(OCCC)OCCC. The summed E-state index contributed by atoms with van der Waals surface area (Å²) < 4.78 is 23.6. The smallest absolute Gasteiger partial charge is 0.465 e. The van der Waals surface area contributed by atoms with Crippen molar-refractivity contribution in [1.29, 1.82) is 0 Å². The second kappa shape index (κ2) is 13.9. The molecule has 0 aliphatic rings. The Bertz CT molecular complexity index is 513. The topological polar surface area (TPSA) is 54.0 Å². The van der Waals surface area contributed by atoms with Crippen LogP contribution in [0.4, 0.5) is 0 Å². The first-order chi connectivity index (χ1) is 13.1. The highest BCUT2D eigenvalue weighted by atomic mass is 28.4. The molecule has 1 rings (SSSR count). The molecule has 0 aromatic heterocycles. The maximum absolute atomic E-state index is 12.1. The molecule has 0 aliphatic carbocycles. The van der Waals surface area contributed by atoms with E-state index < -0.39 is 8.80 Å². The molecule has 1 aromatic carbocycles. The van der Waals surface area contributed by atoms with Crippen molar-refractivity contribution in [2.24, 2.45) is 0 Å². The largest absolute Gasteiger partial charge is 0.501 e. The van der Waals surface area contributed by atoms with Crippen molar-refractivity contribution in [3.8, 4) is 0 Å². The first-order valence-electron chi connectivity index (χ1n) is 10.2. The van der Waals surface area contributed by atoms with Crippen LogP contribution in [0.5, 0.6) is 0 Å². The fourth-order valence-electron chi connectivity index (χ4n) is 2.60. The van der Waals surface area contributed by atoms with Crippen LogP contribution in [0, 0.1) is 6.92 Å². The molecule has 27 heavy (non-hydrogen) atoms. The molecule has 0 bridgehead atoms. The van der Waals surface area contributed by atoms with E-state index in [0.717, 1.165) is 30.4 Å². The van der Waals surface area contributed by atoms with Crippen LogP contribution in [0.3, 0.4) is 0 Å². The minimum Gasteiger partial charge on any atom is -0.465 e. The van der Waals surface area contributed by atoms with Gasteiger partial charge in [0.05, 0.1) is 13.0 Å². The molecular formula is C21H36O5Si. The third-order valence-electron chi connectivity index (χ3n) is 4.06. The molecule has 1 aromatic rings. The summed E-state index contributed by atoms with van der Waals surface area (Å²) in [5.74, 6) is -0.199. The van der Waals surface area contributed by atoms with Crippen LogP contribution in [-0.2, 0) is 29.2 Å². The molecule has 0 unspecified atom stereocenters. The van der Waals surface area contributed by atoms with E-state index in [1.165, 1.54) is 0 Å². The van der Waals surface area contributed by atoms with Gasteiger partial charge in [0.2, 0.25) is 0 Å². The van der Waals surface area contributed by atoms with Gasteiger partial charge in [-0.2, -0.15) is 0 Å². The third-order valence-corrected chi connectivity index (χ3v) is 6.96. The molecule has 0 radical (unpaired) electrons. The van der Waals surface area contributed by atoms with Crippen LogP contribution in [0.2, 0.25) is 6.04 Å².